The number of pyridine rings is 2. The van der Waals surface area contributed by atoms with Crippen LogP contribution in [0.1, 0.15) is 59.3 Å². The summed E-state index contributed by atoms with van der Waals surface area (Å²) in [6, 6.07) is 47.7. The second-order valence-corrected chi connectivity index (χ2v) is 11.9. The van der Waals surface area contributed by atoms with Gasteiger partial charge < -0.3 is 0 Å². The Morgan fingerprint density at radius 3 is 1.18 bits per heavy atom. The minimum absolute atomic E-state index is 0.126. The lowest BCUT2D eigenvalue weighted by Crippen LogP contribution is -2.05. The van der Waals surface area contributed by atoms with Crippen molar-refractivity contribution in [2.45, 2.75) is 39.5 Å². The predicted octanol–water partition coefficient (Wildman–Crippen LogP) is 11.0. The zero-order valence-corrected chi connectivity index (χ0v) is 25.8. The van der Waals surface area contributed by atoms with Crippen LogP contribution in [0.3, 0.4) is 0 Å². The Bertz CT molecular complexity index is 1960. The molecule has 5 aromatic carbocycles. The summed E-state index contributed by atoms with van der Waals surface area (Å²) in [5, 5.41) is 2.24. The first-order chi connectivity index (χ1) is 21.5. The highest BCUT2D eigenvalue weighted by atomic mass is 14.8. The lowest BCUT2D eigenvalue weighted by Gasteiger charge is -2.20. The summed E-state index contributed by atoms with van der Waals surface area (Å²) in [5.41, 5.74) is 13.9. The Kier molecular flexibility index (Phi) is 7.28. The number of nitrogens with zero attached hydrogens (tertiary/aromatic N) is 2. The van der Waals surface area contributed by atoms with E-state index >= 15 is 0 Å². The Morgan fingerprint density at radius 1 is 0.432 bits per heavy atom. The summed E-state index contributed by atoms with van der Waals surface area (Å²) in [6.45, 7) is 8.91. The van der Waals surface area contributed by atoms with Crippen LogP contribution in [0, 0.1) is 13.8 Å². The van der Waals surface area contributed by atoms with Gasteiger partial charge in [0.2, 0.25) is 0 Å². The summed E-state index contributed by atoms with van der Waals surface area (Å²) >= 11 is 0. The van der Waals surface area contributed by atoms with Gasteiger partial charge in [0.15, 0.2) is 0 Å². The number of aromatic nitrogens is 2. The summed E-state index contributed by atoms with van der Waals surface area (Å²) in [6.07, 6.45) is 0. The van der Waals surface area contributed by atoms with Crippen LogP contribution in [0.5, 0.6) is 0 Å². The fourth-order valence-electron chi connectivity index (χ4n) is 6.64. The largest absolute Gasteiger partial charge is 0.250 e. The van der Waals surface area contributed by atoms with Crippen LogP contribution < -0.4 is 0 Å². The first kappa shape index (κ1) is 27.7. The summed E-state index contributed by atoms with van der Waals surface area (Å²) in [5.74, 6) is 0.252. The highest BCUT2D eigenvalue weighted by Gasteiger charge is 2.21. The molecule has 7 rings (SSSR count). The number of benzene rings is 5. The molecule has 2 unspecified atom stereocenters. The van der Waals surface area contributed by atoms with Crippen LogP contribution in [0.15, 0.2) is 133 Å². The number of hydrogen-bond acceptors (Lipinski definition) is 2. The average molecular weight is 569 g/mol. The van der Waals surface area contributed by atoms with Gasteiger partial charge in [0, 0.05) is 34.0 Å². The van der Waals surface area contributed by atoms with E-state index < -0.39 is 0 Å². The van der Waals surface area contributed by atoms with E-state index in [2.05, 4.69) is 161 Å². The second kappa shape index (κ2) is 11.5. The van der Waals surface area contributed by atoms with E-state index in [4.69, 9.17) is 9.97 Å². The molecule has 0 saturated carbocycles. The molecule has 0 aliphatic carbocycles. The summed E-state index contributed by atoms with van der Waals surface area (Å²) in [4.78, 5) is 10.9. The van der Waals surface area contributed by atoms with Crippen molar-refractivity contribution in [3.8, 4) is 22.3 Å². The molecule has 2 heteroatoms. The van der Waals surface area contributed by atoms with Crippen LogP contribution in [0.2, 0.25) is 0 Å². The van der Waals surface area contributed by atoms with Gasteiger partial charge in [-0.3, -0.25) is 0 Å². The molecule has 0 fully saturated rings. The maximum atomic E-state index is 5.47. The van der Waals surface area contributed by atoms with Crippen molar-refractivity contribution in [1.82, 2.24) is 9.97 Å². The molecule has 7 aromatic rings. The fourth-order valence-corrected chi connectivity index (χ4v) is 6.64. The van der Waals surface area contributed by atoms with Crippen molar-refractivity contribution in [1.29, 1.82) is 0 Å². The SMILES string of the molecule is Cc1ccccc1C(C)c1cc(-c2ccccc2)c2ccc3c(-c4ccccc4)cc(C(C)c4ccccc4C)nc3c2n1. The molecule has 2 aromatic heterocycles. The van der Waals surface area contributed by atoms with Crippen LogP contribution in [-0.4, -0.2) is 9.97 Å². The predicted molar refractivity (Wildman–Crippen MR) is 185 cm³/mol. The van der Waals surface area contributed by atoms with Crippen molar-refractivity contribution < 1.29 is 0 Å². The van der Waals surface area contributed by atoms with Gasteiger partial charge in [0.25, 0.3) is 0 Å². The summed E-state index contributed by atoms with van der Waals surface area (Å²) in [7, 11) is 0. The Balaban J connectivity index is 1.56. The minimum Gasteiger partial charge on any atom is -0.250 e. The topological polar surface area (TPSA) is 25.8 Å². The van der Waals surface area contributed by atoms with Gasteiger partial charge in [-0.2, -0.15) is 0 Å². The molecule has 0 aliphatic rings. The van der Waals surface area contributed by atoms with Crippen molar-refractivity contribution in [2.75, 3.05) is 0 Å². The van der Waals surface area contributed by atoms with Gasteiger partial charge in [-0.15, -0.1) is 0 Å². The number of fused-ring (bicyclic) bond motifs is 3. The maximum Gasteiger partial charge on any atom is 0.0974 e. The number of rotatable bonds is 6. The second-order valence-electron chi connectivity index (χ2n) is 11.9. The Hall–Kier alpha value is -5.08. The van der Waals surface area contributed by atoms with E-state index in [9.17, 15) is 0 Å². The molecule has 44 heavy (non-hydrogen) atoms. The van der Waals surface area contributed by atoms with Crippen LogP contribution >= 0.6 is 0 Å². The van der Waals surface area contributed by atoms with Crippen LogP contribution in [0.4, 0.5) is 0 Å². The molecule has 0 spiro atoms. The third kappa shape index (κ3) is 4.97. The van der Waals surface area contributed by atoms with Crippen LogP contribution in [-0.2, 0) is 0 Å². The van der Waals surface area contributed by atoms with Crippen molar-refractivity contribution in [3.05, 3.63) is 167 Å². The molecular weight excluding hydrogens is 532 g/mol. The van der Waals surface area contributed by atoms with Gasteiger partial charge in [-0.25, -0.2) is 9.97 Å². The molecule has 0 aliphatic heterocycles. The van der Waals surface area contributed by atoms with E-state index in [1.165, 1.54) is 44.5 Å². The van der Waals surface area contributed by atoms with Gasteiger partial charge in [0.05, 0.1) is 11.0 Å². The number of aryl methyl sites for hydroxylation is 2. The van der Waals surface area contributed by atoms with Crippen molar-refractivity contribution in [3.63, 3.8) is 0 Å². The zero-order valence-electron chi connectivity index (χ0n) is 25.8. The monoisotopic (exact) mass is 568 g/mol. The first-order valence-corrected chi connectivity index (χ1v) is 15.5. The van der Waals surface area contributed by atoms with Crippen molar-refractivity contribution in [2.24, 2.45) is 0 Å². The zero-order chi connectivity index (χ0) is 30.2. The standard InChI is InChI=1S/C42H36N2/c1-27-15-11-13-21-33(27)29(3)39-25-37(31-17-7-5-8-18-31)35-23-24-36-38(32-19-9-6-10-20-32)26-40(44-42(36)41(35)43-39)30(4)34-22-14-12-16-28(34)2/h5-26,29-30H,1-4H3. The molecule has 2 atom stereocenters. The van der Waals surface area contributed by atoms with E-state index in [1.807, 2.05) is 0 Å². The Morgan fingerprint density at radius 2 is 0.795 bits per heavy atom. The van der Waals surface area contributed by atoms with E-state index in [1.54, 1.807) is 0 Å². The lowest BCUT2D eigenvalue weighted by molar-refractivity contribution is 0.867. The third-order valence-electron chi connectivity index (χ3n) is 9.16. The average Bonchev–Trinajstić information content (AvgIpc) is 3.07. The quantitative estimate of drug-likeness (QED) is 0.186. The lowest BCUT2D eigenvalue weighted by atomic mass is 9.89. The molecular formula is C42H36N2. The molecule has 0 saturated heterocycles. The van der Waals surface area contributed by atoms with E-state index in [0.717, 1.165) is 33.2 Å². The van der Waals surface area contributed by atoms with Crippen LogP contribution in [0.25, 0.3) is 44.1 Å². The molecule has 2 nitrogen and oxygen atoms in total. The smallest absolute Gasteiger partial charge is 0.0974 e. The molecule has 214 valence electrons. The first-order valence-electron chi connectivity index (χ1n) is 15.5. The van der Waals surface area contributed by atoms with Gasteiger partial charge in [-0.05, 0) is 70.5 Å². The molecule has 2 heterocycles. The number of hydrogen-bond donors (Lipinski definition) is 0. The molecule has 0 amide bonds. The van der Waals surface area contributed by atoms with Gasteiger partial charge in [0.1, 0.15) is 0 Å². The maximum absolute atomic E-state index is 5.47. The third-order valence-corrected chi connectivity index (χ3v) is 9.16. The van der Waals surface area contributed by atoms with Crippen molar-refractivity contribution >= 4 is 21.8 Å². The minimum atomic E-state index is 0.126. The highest BCUT2D eigenvalue weighted by Crippen LogP contribution is 2.40. The van der Waals surface area contributed by atoms with E-state index in [0.29, 0.717) is 0 Å². The molecule has 0 radical (unpaired) electrons. The van der Waals surface area contributed by atoms with Gasteiger partial charge in [-0.1, -0.05) is 135 Å². The fraction of sp³-hybridized carbons (Fsp3) is 0.143. The Labute approximate surface area is 260 Å². The van der Waals surface area contributed by atoms with E-state index in [-0.39, 0.29) is 11.8 Å². The molecule has 0 N–H and O–H groups in total. The summed E-state index contributed by atoms with van der Waals surface area (Å²) < 4.78 is 0. The highest BCUT2D eigenvalue weighted by molar-refractivity contribution is 6.12. The molecule has 0 bridgehead atoms. The van der Waals surface area contributed by atoms with Gasteiger partial charge >= 0.3 is 0 Å². The normalized spacial score (nSPS) is 12.8.